The van der Waals surface area contributed by atoms with Crippen molar-refractivity contribution in [2.75, 3.05) is 0 Å². The van der Waals surface area contributed by atoms with Crippen molar-refractivity contribution in [3.05, 3.63) is 109 Å². The summed E-state index contributed by atoms with van der Waals surface area (Å²) in [5, 5.41) is 9.14. The van der Waals surface area contributed by atoms with E-state index in [1.807, 2.05) is 6.08 Å². The second-order valence-electron chi connectivity index (χ2n) is 9.66. The molecule has 0 saturated carbocycles. The van der Waals surface area contributed by atoms with E-state index in [0.29, 0.717) is 0 Å². The van der Waals surface area contributed by atoms with Gasteiger partial charge in [0.05, 0.1) is 6.10 Å². The number of aliphatic hydroxyl groups is 1. The summed E-state index contributed by atoms with van der Waals surface area (Å²) in [6, 6.07) is 0. The average molecular weight is 519 g/mol. The Morgan fingerprint density at radius 1 is 0.342 bits per heavy atom. The standard InChI is InChI=1S/C37H58O/c1-3-4-5-6-7-8-9-10-11-12-13-14-15-16-17-18-19-20-21-22-23-24-25-26-27-28-29-30-31-32-33-34-35-36-37(2)38/h3-4,7-8,11-12,15-16,19-20,23-24,27-28,31-32,35-38H,5-6,9-10,13-14,17-18,21-22,25-26,29-30,33-34H2,1-2H3. The Morgan fingerprint density at radius 2 is 0.526 bits per heavy atom. The Kier molecular flexibility index (Phi) is 30.6. The van der Waals surface area contributed by atoms with Gasteiger partial charge in [-0.1, -0.05) is 109 Å². The molecule has 1 nitrogen and oxygen atoms in total. The van der Waals surface area contributed by atoms with Crippen LogP contribution in [0.3, 0.4) is 0 Å². The van der Waals surface area contributed by atoms with Crippen LogP contribution in [-0.4, -0.2) is 11.2 Å². The fourth-order valence-corrected chi connectivity index (χ4v) is 3.65. The topological polar surface area (TPSA) is 20.2 Å². The molecular formula is C37H58O. The van der Waals surface area contributed by atoms with E-state index in [2.05, 4.69) is 110 Å². The van der Waals surface area contributed by atoms with Crippen LogP contribution >= 0.6 is 0 Å². The van der Waals surface area contributed by atoms with Gasteiger partial charge in [-0.25, -0.2) is 0 Å². The van der Waals surface area contributed by atoms with E-state index in [9.17, 15) is 0 Å². The zero-order valence-electron chi connectivity index (χ0n) is 24.7. The van der Waals surface area contributed by atoms with Gasteiger partial charge in [0.2, 0.25) is 0 Å². The van der Waals surface area contributed by atoms with Crippen LogP contribution in [0.1, 0.15) is 117 Å². The minimum absolute atomic E-state index is 0.330. The predicted molar refractivity (Wildman–Crippen MR) is 173 cm³/mol. The van der Waals surface area contributed by atoms with Crippen LogP contribution in [0.15, 0.2) is 109 Å². The first kappa shape index (κ1) is 35.6. The van der Waals surface area contributed by atoms with Gasteiger partial charge >= 0.3 is 0 Å². The lowest BCUT2D eigenvalue weighted by Gasteiger charge is -1.92. The Hall–Kier alpha value is -2.38. The highest BCUT2D eigenvalue weighted by molar-refractivity contribution is 4.95. The molecule has 1 heteroatoms. The summed E-state index contributed by atoms with van der Waals surface area (Å²) in [6.45, 7) is 3.86. The molecule has 0 aliphatic carbocycles. The van der Waals surface area contributed by atoms with E-state index in [1.54, 1.807) is 6.92 Å². The highest BCUT2D eigenvalue weighted by Crippen LogP contribution is 2.04. The molecule has 0 heterocycles. The third-order valence-electron chi connectivity index (χ3n) is 5.82. The Balaban J connectivity index is 3.45. The summed E-state index contributed by atoms with van der Waals surface area (Å²) < 4.78 is 0. The fraction of sp³-hybridized carbons (Fsp3) is 0.514. The lowest BCUT2D eigenvalue weighted by atomic mass is 10.2. The smallest absolute Gasteiger partial charge is 0.0692 e. The van der Waals surface area contributed by atoms with Crippen molar-refractivity contribution in [2.24, 2.45) is 0 Å². The normalized spacial score (nSPS) is 14.3. The number of hydrogen-bond donors (Lipinski definition) is 1. The second kappa shape index (κ2) is 32.6. The van der Waals surface area contributed by atoms with E-state index in [-0.39, 0.29) is 6.10 Å². The van der Waals surface area contributed by atoms with E-state index in [1.165, 1.54) is 0 Å². The lowest BCUT2D eigenvalue weighted by molar-refractivity contribution is 0.244. The second-order valence-corrected chi connectivity index (χ2v) is 9.66. The number of allylic oxidation sites excluding steroid dienone is 17. The van der Waals surface area contributed by atoms with Gasteiger partial charge in [0.25, 0.3) is 0 Å². The maximum Gasteiger partial charge on any atom is 0.0692 e. The van der Waals surface area contributed by atoms with Crippen molar-refractivity contribution in [1.82, 2.24) is 0 Å². The van der Waals surface area contributed by atoms with Crippen LogP contribution in [0.4, 0.5) is 0 Å². The summed E-state index contributed by atoms with van der Waals surface area (Å²) in [4.78, 5) is 0. The number of hydrogen-bond acceptors (Lipinski definition) is 1. The van der Waals surface area contributed by atoms with Crippen molar-refractivity contribution in [1.29, 1.82) is 0 Å². The van der Waals surface area contributed by atoms with Crippen molar-refractivity contribution in [3.8, 4) is 0 Å². The molecule has 0 spiro atoms. The van der Waals surface area contributed by atoms with Crippen LogP contribution in [0.2, 0.25) is 0 Å². The van der Waals surface area contributed by atoms with Gasteiger partial charge in [-0.15, -0.1) is 0 Å². The van der Waals surface area contributed by atoms with Crippen LogP contribution < -0.4 is 0 Å². The zero-order chi connectivity index (χ0) is 27.6. The lowest BCUT2D eigenvalue weighted by Crippen LogP contribution is -1.90. The van der Waals surface area contributed by atoms with Crippen molar-refractivity contribution in [3.63, 3.8) is 0 Å². The van der Waals surface area contributed by atoms with Gasteiger partial charge in [-0.2, -0.15) is 0 Å². The molecule has 0 amide bonds. The summed E-state index contributed by atoms with van der Waals surface area (Å²) in [5.74, 6) is 0. The highest BCUT2D eigenvalue weighted by Gasteiger charge is 1.85. The molecular weight excluding hydrogens is 460 g/mol. The first-order chi connectivity index (χ1) is 18.8. The number of unbranched alkanes of at least 4 members (excludes halogenated alkanes) is 8. The number of aliphatic hydroxyl groups excluding tert-OH is 1. The fourth-order valence-electron chi connectivity index (χ4n) is 3.65. The molecule has 0 radical (unpaired) electrons. The van der Waals surface area contributed by atoms with E-state index >= 15 is 0 Å². The summed E-state index contributed by atoms with van der Waals surface area (Å²) in [5.41, 5.74) is 0. The van der Waals surface area contributed by atoms with Gasteiger partial charge in [0.1, 0.15) is 0 Å². The zero-order valence-corrected chi connectivity index (χ0v) is 24.7. The molecule has 0 rings (SSSR count). The molecule has 1 unspecified atom stereocenters. The van der Waals surface area contributed by atoms with Gasteiger partial charge in [0, 0.05) is 0 Å². The van der Waals surface area contributed by atoms with Crippen molar-refractivity contribution >= 4 is 0 Å². The largest absolute Gasteiger partial charge is 0.389 e. The molecule has 0 aliphatic rings. The molecule has 0 aliphatic heterocycles. The third kappa shape index (κ3) is 33.6. The van der Waals surface area contributed by atoms with Crippen LogP contribution in [0.5, 0.6) is 0 Å². The van der Waals surface area contributed by atoms with E-state index < -0.39 is 0 Å². The molecule has 1 N–H and O–H groups in total. The molecule has 38 heavy (non-hydrogen) atoms. The molecule has 0 aromatic heterocycles. The Labute approximate surface area is 236 Å². The van der Waals surface area contributed by atoms with Crippen LogP contribution in [0, 0.1) is 0 Å². The molecule has 0 aromatic rings. The Bertz CT molecular complexity index is 737. The van der Waals surface area contributed by atoms with Gasteiger partial charge in [-0.05, 0) is 117 Å². The minimum atomic E-state index is -0.330. The van der Waals surface area contributed by atoms with Crippen LogP contribution in [0.25, 0.3) is 0 Å². The first-order valence-corrected chi connectivity index (χ1v) is 15.3. The average Bonchev–Trinajstić information content (AvgIpc) is 2.91. The molecule has 1 atom stereocenters. The molecule has 0 bridgehead atoms. The van der Waals surface area contributed by atoms with Crippen LogP contribution in [-0.2, 0) is 0 Å². The summed E-state index contributed by atoms with van der Waals surface area (Å²) in [7, 11) is 0. The van der Waals surface area contributed by atoms with Gasteiger partial charge < -0.3 is 5.11 Å². The van der Waals surface area contributed by atoms with Gasteiger partial charge in [0.15, 0.2) is 0 Å². The molecule has 0 saturated heterocycles. The maximum absolute atomic E-state index is 9.14. The van der Waals surface area contributed by atoms with E-state index in [0.717, 1.165) is 103 Å². The predicted octanol–water partition coefficient (Wildman–Crippen LogP) is 11.6. The van der Waals surface area contributed by atoms with Crippen molar-refractivity contribution in [2.45, 2.75) is 123 Å². The van der Waals surface area contributed by atoms with Crippen molar-refractivity contribution < 1.29 is 5.11 Å². The highest BCUT2D eigenvalue weighted by atomic mass is 16.3. The van der Waals surface area contributed by atoms with E-state index in [4.69, 9.17) is 5.11 Å². The minimum Gasteiger partial charge on any atom is -0.389 e. The Morgan fingerprint density at radius 3 is 0.711 bits per heavy atom. The molecule has 212 valence electrons. The van der Waals surface area contributed by atoms with Gasteiger partial charge in [-0.3, -0.25) is 0 Å². The number of rotatable bonds is 25. The molecule has 0 fully saturated rings. The third-order valence-corrected chi connectivity index (χ3v) is 5.82. The first-order valence-electron chi connectivity index (χ1n) is 15.3. The molecule has 0 aromatic carbocycles. The SMILES string of the molecule is CC=CCCC=CCCC=CCCC=CCCC=CCCC=CCCC=CCCC=CCCC=CC(C)O. The summed E-state index contributed by atoms with van der Waals surface area (Å²) >= 11 is 0. The monoisotopic (exact) mass is 518 g/mol. The maximum atomic E-state index is 9.14. The summed E-state index contributed by atoms with van der Waals surface area (Å²) in [6.07, 6.45) is 58.3. The quantitative estimate of drug-likeness (QED) is 0.0941.